The summed E-state index contributed by atoms with van der Waals surface area (Å²) in [5.41, 5.74) is 1.52. The van der Waals surface area contributed by atoms with Gasteiger partial charge in [0.1, 0.15) is 6.26 Å². The van der Waals surface area contributed by atoms with Crippen LogP contribution in [0.15, 0.2) is 46.6 Å². The number of nitrogens with zero attached hydrogens (tertiary/aromatic N) is 1. The topological polar surface area (TPSA) is 93.5 Å². The second-order valence-corrected chi connectivity index (χ2v) is 6.31. The summed E-state index contributed by atoms with van der Waals surface area (Å²) >= 11 is 1.23. The van der Waals surface area contributed by atoms with Gasteiger partial charge in [-0.3, -0.25) is 9.59 Å². The maximum Gasteiger partial charge on any atom is 0.254 e. The van der Waals surface area contributed by atoms with Crippen molar-refractivity contribution in [3.63, 3.8) is 0 Å². The molecule has 0 saturated heterocycles. The Kier molecular flexibility index (Phi) is 5.82. The largest absolute Gasteiger partial charge is 0.494 e. The van der Waals surface area contributed by atoms with Crippen LogP contribution in [0.3, 0.4) is 0 Å². The number of hydrogen-bond acceptors (Lipinski definition) is 6. The zero-order chi connectivity index (χ0) is 19.2. The summed E-state index contributed by atoms with van der Waals surface area (Å²) in [5.74, 6) is -0.930. The van der Waals surface area contributed by atoms with Crippen molar-refractivity contribution in [2.24, 2.45) is 0 Å². The van der Waals surface area contributed by atoms with E-state index in [9.17, 15) is 14.0 Å². The molecular weight excluding hydrogens is 373 g/mol. The van der Waals surface area contributed by atoms with E-state index in [1.165, 1.54) is 49.2 Å². The molecule has 0 aliphatic rings. The number of carbonyl (C=O) groups excluding carboxylic acids is 2. The Morgan fingerprint density at radius 2 is 2.19 bits per heavy atom. The first-order chi connectivity index (χ1) is 13.1. The average molecular weight is 389 g/mol. The van der Waals surface area contributed by atoms with Gasteiger partial charge in [0, 0.05) is 23.9 Å². The summed E-state index contributed by atoms with van der Waals surface area (Å²) in [6.07, 6.45) is 2.82. The quantitative estimate of drug-likeness (QED) is 0.647. The predicted molar refractivity (Wildman–Crippen MR) is 98.3 cm³/mol. The molecule has 0 atom stereocenters. The van der Waals surface area contributed by atoms with E-state index in [-0.39, 0.29) is 30.5 Å². The van der Waals surface area contributed by atoms with Crippen LogP contribution in [0.25, 0.3) is 11.3 Å². The smallest absolute Gasteiger partial charge is 0.254 e. The van der Waals surface area contributed by atoms with Gasteiger partial charge in [0.25, 0.3) is 5.91 Å². The molecule has 0 aliphatic heterocycles. The first kappa shape index (κ1) is 18.6. The Morgan fingerprint density at radius 3 is 2.89 bits per heavy atom. The summed E-state index contributed by atoms with van der Waals surface area (Å²) in [6.45, 7) is 0.178. The van der Waals surface area contributed by atoms with Crippen LogP contribution in [0.1, 0.15) is 16.8 Å². The SMILES string of the molecule is COc1ccc(-c2csc(NC(=O)CCNC(=O)c3ccoc3)n2)cc1F. The molecule has 3 rings (SSSR count). The molecule has 0 saturated carbocycles. The highest BCUT2D eigenvalue weighted by Crippen LogP contribution is 2.28. The molecule has 0 radical (unpaired) electrons. The lowest BCUT2D eigenvalue weighted by Crippen LogP contribution is -2.27. The van der Waals surface area contributed by atoms with Gasteiger partial charge in [-0.2, -0.15) is 0 Å². The monoisotopic (exact) mass is 389 g/mol. The van der Waals surface area contributed by atoms with E-state index in [0.717, 1.165) is 0 Å². The second kappa shape index (κ2) is 8.45. The molecule has 2 N–H and O–H groups in total. The Bertz CT molecular complexity index is 940. The van der Waals surface area contributed by atoms with Crippen LogP contribution < -0.4 is 15.4 Å². The summed E-state index contributed by atoms with van der Waals surface area (Å²) in [7, 11) is 1.40. The van der Waals surface area contributed by atoms with E-state index in [2.05, 4.69) is 15.6 Å². The third-order valence-electron chi connectivity index (χ3n) is 3.62. The van der Waals surface area contributed by atoms with Crippen LogP contribution in [-0.4, -0.2) is 30.5 Å². The van der Waals surface area contributed by atoms with Crippen molar-refractivity contribution >= 4 is 28.3 Å². The van der Waals surface area contributed by atoms with Gasteiger partial charge in [-0.25, -0.2) is 9.37 Å². The molecule has 2 heterocycles. The minimum Gasteiger partial charge on any atom is -0.494 e. The van der Waals surface area contributed by atoms with E-state index in [0.29, 0.717) is 22.0 Å². The highest BCUT2D eigenvalue weighted by atomic mass is 32.1. The molecule has 7 nitrogen and oxygen atoms in total. The number of ether oxygens (including phenoxy) is 1. The number of rotatable bonds is 7. The Labute approximate surface area is 158 Å². The van der Waals surface area contributed by atoms with E-state index in [1.54, 1.807) is 11.4 Å². The van der Waals surface area contributed by atoms with Crippen molar-refractivity contribution in [2.45, 2.75) is 6.42 Å². The van der Waals surface area contributed by atoms with Crippen molar-refractivity contribution in [3.05, 3.63) is 53.6 Å². The summed E-state index contributed by atoms with van der Waals surface area (Å²) in [6, 6.07) is 6.07. The van der Waals surface area contributed by atoms with E-state index < -0.39 is 5.82 Å². The minimum absolute atomic E-state index is 0.0929. The van der Waals surface area contributed by atoms with Crippen LogP contribution >= 0.6 is 11.3 Å². The molecule has 3 aromatic rings. The molecule has 2 aromatic heterocycles. The minimum atomic E-state index is -0.484. The molecule has 0 unspecified atom stereocenters. The number of furan rings is 1. The van der Waals surface area contributed by atoms with Crippen LogP contribution in [0, 0.1) is 5.82 Å². The first-order valence-electron chi connectivity index (χ1n) is 7.96. The molecule has 1 aromatic carbocycles. The summed E-state index contributed by atoms with van der Waals surface area (Å²) in [4.78, 5) is 28.0. The van der Waals surface area contributed by atoms with Crippen LogP contribution in [0.5, 0.6) is 5.75 Å². The van der Waals surface area contributed by atoms with Gasteiger partial charge >= 0.3 is 0 Å². The Balaban J connectivity index is 1.52. The maximum absolute atomic E-state index is 13.8. The third-order valence-corrected chi connectivity index (χ3v) is 4.38. The fourth-order valence-corrected chi connectivity index (χ4v) is 2.99. The number of hydrogen-bond donors (Lipinski definition) is 2. The summed E-state index contributed by atoms with van der Waals surface area (Å²) in [5, 5.41) is 7.39. The lowest BCUT2D eigenvalue weighted by Gasteiger charge is -2.04. The third kappa shape index (κ3) is 4.70. The van der Waals surface area contributed by atoms with Crippen molar-refractivity contribution in [1.29, 1.82) is 0 Å². The van der Waals surface area contributed by atoms with Gasteiger partial charge in [0.2, 0.25) is 5.91 Å². The lowest BCUT2D eigenvalue weighted by atomic mass is 10.1. The Hall–Kier alpha value is -3.20. The molecule has 0 spiro atoms. The van der Waals surface area contributed by atoms with Crippen molar-refractivity contribution in [1.82, 2.24) is 10.3 Å². The predicted octanol–water partition coefficient (Wildman–Crippen LogP) is 3.31. The van der Waals surface area contributed by atoms with Crippen molar-refractivity contribution in [2.75, 3.05) is 19.0 Å². The highest BCUT2D eigenvalue weighted by molar-refractivity contribution is 7.14. The maximum atomic E-state index is 13.8. The number of anilines is 1. The van der Waals surface area contributed by atoms with E-state index in [1.807, 2.05) is 0 Å². The molecule has 140 valence electrons. The van der Waals surface area contributed by atoms with Crippen LogP contribution in [0.2, 0.25) is 0 Å². The normalized spacial score (nSPS) is 10.4. The number of nitrogens with one attached hydrogen (secondary N) is 2. The molecule has 27 heavy (non-hydrogen) atoms. The van der Waals surface area contributed by atoms with Gasteiger partial charge < -0.3 is 19.8 Å². The van der Waals surface area contributed by atoms with E-state index in [4.69, 9.17) is 9.15 Å². The molecule has 2 amide bonds. The fourth-order valence-electron chi connectivity index (χ4n) is 2.26. The average Bonchev–Trinajstić information content (AvgIpc) is 3.33. The number of halogens is 1. The van der Waals surface area contributed by atoms with Gasteiger partial charge in [-0.1, -0.05) is 0 Å². The lowest BCUT2D eigenvalue weighted by molar-refractivity contribution is -0.116. The van der Waals surface area contributed by atoms with Crippen molar-refractivity contribution < 1.29 is 23.1 Å². The zero-order valence-corrected chi connectivity index (χ0v) is 15.1. The zero-order valence-electron chi connectivity index (χ0n) is 14.3. The number of carbonyl (C=O) groups is 2. The molecule has 0 bridgehead atoms. The fraction of sp³-hybridized carbons (Fsp3) is 0.167. The molecule has 0 fully saturated rings. The first-order valence-corrected chi connectivity index (χ1v) is 8.84. The molecular formula is C18H16FN3O4S. The Morgan fingerprint density at radius 1 is 1.33 bits per heavy atom. The number of aromatic nitrogens is 1. The van der Waals surface area contributed by atoms with Gasteiger partial charge in [0.05, 0.1) is 24.6 Å². The van der Waals surface area contributed by atoms with E-state index >= 15 is 0 Å². The standard InChI is InChI=1S/C18H16FN3O4S/c1-25-15-3-2-11(8-13(15)19)14-10-27-18(21-14)22-16(23)4-6-20-17(24)12-5-7-26-9-12/h2-3,5,7-10H,4,6H2,1H3,(H,20,24)(H,21,22,23). The number of benzene rings is 1. The van der Waals surface area contributed by atoms with Crippen LogP contribution in [-0.2, 0) is 4.79 Å². The van der Waals surface area contributed by atoms with Gasteiger partial charge in [-0.15, -0.1) is 11.3 Å². The van der Waals surface area contributed by atoms with Gasteiger partial charge in [-0.05, 0) is 24.3 Å². The molecule has 0 aliphatic carbocycles. The second-order valence-electron chi connectivity index (χ2n) is 5.45. The van der Waals surface area contributed by atoms with Crippen molar-refractivity contribution in [3.8, 4) is 17.0 Å². The number of methoxy groups -OCH3 is 1. The molecule has 9 heteroatoms. The highest BCUT2D eigenvalue weighted by Gasteiger charge is 2.11. The number of thiazole rings is 1. The summed E-state index contributed by atoms with van der Waals surface area (Å²) < 4.78 is 23.5. The van der Waals surface area contributed by atoms with Gasteiger partial charge in [0.15, 0.2) is 16.7 Å². The number of amides is 2. The van der Waals surface area contributed by atoms with Crippen LogP contribution in [0.4, 0.5) is 9.52 Å².